The van der Waals surface area contributed by atoms with Crippen LogP contribution in [-0.2, 0) is 19.3 Å². The zero-order valence-corrected chi connectivity index (χ0v) is 18.5. The average molecular weight is 478 g/mol. The fraction of sp³-hybridized carbons (Fsp3) is 0.500. The summed E-state index contributed by atoms with van der Waals surface area (Å²) in [7, 11) is 0. The van der Waals surface area contributed by atoms with Crippen LogP contribution in [0.3, 0.4) is 0 Å². The lowest BCUT2D eigenvalue weighted by Crippen LogP contribution is -2.32. The SMILES string of the molecule is CCCc1cc(Br)c2c(c1)CCc1cc(Br)cnc1C2C1CCNCC1. The molecule has 26 heavy (non-hydrogen) atoms. The molecule has 2 aromatic rings. The van der Waals surface area contributed by atoms with Crippen molar-refractivity contribution in [1.82, 2.24) is 10.3 Å². The predicted molar refractivity (Wildman–Crippen MR) is 115 cm³/mol. The van der Waals surface area contributed by atoms with Crippen LogP contribution in [0, 0.1) is 5.92 Å². The first kappa shape index (κ1) is 18.6. The van der Waals surface area contributed by atoms with Gasteiger partial charge in [0, 0.05) is 21.1 Å². The number of piperidine rings is 1. The fourth-order valence-corrected chi connectivity index (χ4v) is 5.91. The number of pyridine rings is 1. The number of hydrogen-bond acceptors (Lipinski definition) is 2. The molecule has 1 N–H and O–H groups in total. The second-order valence-corrected chi connectivity index (χ2v) is 9.43. The van der Waals surface area contributed by atoms with Crippen LogP contribution < -0.4 is 5.32 Å². The highest BCUT2D eigenvalue weighted by molar-refractivity contribution is 9.10. The fourth-order valence-electron chi connectivity index (χ4n) is 4.74. The molecule has 138 valence electrons. The highest BCUT2D eigenvalue weighted by atomic mass is 79.9. The minimum atomic E-state index is 0.405. The summed E-state index contributed by atoms with van der Waals surface area (Å²) in [5.74, 6) is 1.07. The Morgan fingerprint density at radius 1 is 1.08 bits per heavy atom. The van der Waals surface area contributed by atoms with Crippen molar-refractivity contribution < 1.29 is 0 Å². The maximum absolute atomic E-state index is 4.95. The van der Waals surface area contributed by atoms with Crippen molar-refractivity contribution in [3.05, 3.63) is 61.3 Å². The summed E-state index contributed by atoms with van der Waals surface area (Å²) < 4.78 is 2.39. The van der Waals surface area contributed by atoms with Gasteiger partial charge >= 0.3 is 0 Å². The third-order valence-corrected chi connectivity index (χ3v) is 7.00. The molecule has 2 heterocycles. The summed E-state index contributed by atoms with van der Waals surface area (Å²) in [6, 6.07) is 7.13. The van der Waals surface area contributed by atoms with Crippen LogP contribution in [0.5, 0.6) is 0 Å². The Morgan fingerprint density at radius 3 is 2.62 bits per heavy atom. The van der Waals surface area contributed by atoms with Crippen LogP contribution in [0.2, 0.25) is 0 Å². The minimum absolute atomic E-state index is 0.405. The van der Waals surface area contributed by atoms with Gasteiger partial charge in [0.1, 0.15) is 0 Å². The van der Waals surface area contributed by atoms with Crippen molar-refractivity contribution in [3.63, 3.8) is 0 Å². The Balaban J connectivity index is 1.87. The molecule has 1 aromatic carbocycles. The number of aryl methyl sites for hydroxylation is 3. The normalized spacial score (nSPS) is 20.3. The van der Waals surface area contributed by atoms with Crippen molar-refractivity contribution in [1.29, 1.82) is 0 Å². The van der Waals surface area contributed by atoms with Crippen LogP contribution in [0.4, 0.5) is 0 Å². The number of nitrogens with zero attached hydrogens (tertiary/aromatic N) is 1. The summed E-state index contributed by atoms with van der Waals surface area (Å²) in [4.78, 5) is 4.95. The molecule has 1 aromatic heterocycles. The van der Waals surface area contributed by atoms with Crippen molar-refractivity contribution in [3.8, 4) is 0 Å². The molecule has 1 aliphatic heterocycles. The van der Waals surface area contributed by atoms with E-state index in [0.29, 0.717) is 11.8 Å². The van der Waals surface area contributed by atoms with Gasteiger partial charge in [-0.2, -0.15) is 0 Å². The van der Waals surface area contributed by atoms with Gasteiger partial charge in [0.25, 0.3) is 0 Å². The van der Waals surface area contributed by atoms with E-state index in [2.05, 4.69) is 62.3 Å². The molecule has 0 spiro atoms. The molecule has 2 aliphatic rings. The molecule has 0 bridgehead atoms. The smallest absolute Gasteiger partial charge is 0.0514 e. The third-order valence-electron chi connectivity index (χ3n) is 5.91. The van der Waals surface area contributed by atoms with E-state index in [4.69, 9.17) is 4.98 Å². The van der Waals surface area contributed by atoms with E-state index in [1.54, 1.807) is 0 Å². The van der Waals surface area contributed by atoms with Crippen molar-refractivity contribution in [2.45, 2.75) is 51.4 Å². The van der Waals surface area contributed by atoms with Gasteiger partial charge in [-0.25, -0.2) is 0 Å². The molecule has 1 atom stereocenters. The van der Waals surface area contributed by atoms with Gasteiger partial charge in [-0.1, -0.05) is 35.3 Å². The molecule has 4 heteroatoms. The highest BCUT2D eigenvalue weighted by Gasteiger charge is 2.34. The van der Waals surface area contributed by atoms with Gasteiger partial charge in [0.15, 0.2) is 0 Å². The van der Waals surface area contributed by atoms with E-state index < -0.39 is 0 Å². The second kappa shape index (κ2) is 8.12. The van der Waals surface area contributed by atoms with E-state index in [1.165, 1.54) is 51.7 Å². The van der Waals surface area contributed by atoms with Crippen molar-refractivity contribution in [2.75, 3.05) is 13.1 Å². The Labute approximate surface area is 173 Å². The molecule has 2 nitrogen and oxygen atoms in total. The van der Waals surface area contributed by atoms with Crippen LogP contribution in [0.1, 0.15) is 60.1 Å². The van der Waals surface area contributed by atoms with Gasteiger partial charge < -0.3 is 5.32 Å². The topological polar surface area (TPSA) is 24.9 Å². The standard InChI is InChI=1S/C22H26Br2N2/c1-2-3-14-10-16-4-5-17-12-18(23)13-26-22(17)21(20(16)19(24)11-14)15-6-8-25-9-7-15/h10-13,15,21,25H,2-9H2,1H3. The lowest BCUT2D eigenvalue weighted by atomic mass is 9.76. The van der Waals surface area contributed by atoms with E-state index in [-0.39, 0.29) is 0 Å². The number of hydrogen-bond donors (Lipinski definition) is 1. The number of fused-ring (bicyclic) bond motifs is 2. The van der Waals surface area contributed by atoms with Crippen LogP contribution in [-0.4, -0.2) is 18.1 Å². The highest BCUT2D eigenvalue weighted by Crippen LogP contribution is 2.45. The molecule has 0 amide bonds. The molecule has 0 saturated carbocycles. The largest absolute Gasteiger partial charge is 0.317 e. The molecular weight excluding hydrogens is 452 g/mol. The maximum atomic E-state index is 4.95. The first-order valence-electron chi connectivity index (χ1n) is 9.83. The van der Waals surface area contributed by atoms with Gasteiger partial charge in [-0.15, -0.1) is 0 Å². The summed E-state index contributed by atoms with van der Waals surface area (Å²) >= 11 is 7.59. The van der Waals surface area contributed by atoms with Gasteiger partial charge in [0.05, 0.1) is 5.69 Å². The molecule has 0 radical (unpaired) electrons. The number of rotatable bonds is 3. The minimum Gasteiger partial charge on any atom is -0.317 e. The average Bonchev–Trinajstić information content (AvgIpc) is 2.80. The van der Waals surface area contributed by atoms with Gasteiger partial charge in [0.2, 0.25) is 0 Å². The maximum Gasteiger partial charge on any atom is 0.0514 e. The van der Waals surface area contributed by atoms with E-state index in [1.807, 2.05) is 6.20 Å². The summed E-state index contributed by atoms with van der Waals surface area (Å²) in [5, 5.41) is 3.53. The molecule has 1 unspecified atom stereocenters. The first-order valence-corrected chi connectivity index (χ1v) is 11.4. The Hall–Kier alpha value is -0.710. The van der Waals surface area contributed by atoms with Crippen molar-refractivity contribution >= 4 is 31.9 Å². The monoisotopic (exact) mass is 476 g/mol. The van der Waals surface area contributed by atoms with Crippen molar-refractivity contribution in [2.24, 2.45) is 5.92 Å². The molecule has 1 fully saturated rings. The molecule has 4 rings (SSSR count). The second-order valence-electron chi connectivity index (χ2n) is 7.66. The number of nitrogens with one attached hydrogen (secondary N) is 1. The summed E-state index contributed by atoms with van der Waals surface area (Å²) in [6.45, 7) is 4.50. The Kier molecular flexibility index (Phi) is 5.82. The predicted octanol–water partition coefficient (Wildman–Crippen LogP) is 5.79. The van der Waals surface area contributed by atoms with Gasteiger partial charge in [-0.05, 0) is 101 Å². The Morgan fingerprint density at radius 2 is 1.85 bits per heavy atom. The molecular formula is C22H26Br2N2. The van der Waals surface area contributed by atoms with E-state index in [0.717, 1.165) is 36.8 Å². The van der Waals surface area contributed by atoms with E-state index in [9.17, 15) is 0 Å². The van der Waals surface area contributed by atoms with Crippen LogP contribution in [0.25, 0.3) is 0 Å². The van der Waals surface area contributed by atoms with Crippen LogP contribution in [0.15, 0.2) is 33.3 Å². The summed E-state index contributed by atoms with van der Waals surface area (Å²) in [6.07, 6.45) is 8.97. The zero-order chi connectivity index (χ0) is 18.1. The third kappa shape index (κ3) is 3.65. The van der Waals surface area contributed by atoms with Gasteiger partial charge in [-0.3, -0.25) is 4.98 Å². The van der Waals surface area contributed by atoms with E-state index >= 15 is 0 Å². The first-order chi connectivity index (χ1) is 12.7. The number of benzene rings is 1. The lowest BCUT2D eigenvalue weighted by Gasteiger charge is -2.32. The number of aromatic nitrogens is 1. The zero-order valence-electron chi connectivity index (χ0n) is 15.3. The molecule has 1 aliphatic carbocycles. The quantitative estimate of drug-likeness (QED) is 0.605. The molecule has 1 saturated heterocycles. The van der Waals surface area contributed by atoms with Crippen LogP contribution >= 0.6 is 31.9 Å². The number of halogens is 2. The lowest BCUT2D eigenvalue weighted by molar-refractivity contribution is 0.338. The Bertz CT molecular complexity index is 797. The summed E-state index contributed by atoms with van der Waals surface area (Å²) in [5.41, 5.74) is 7.22.